The minimum Gasteiger partial charge on any atom is -0.480 e. The zero-order valence-corrected chi connectivity index (χ0v) is 35.3. The van der Waals surface area contributed by atoms with Gasteiger partial charge in [0.15, 0.2) is 0 Å². The third-order valence-corrected chi connectivity index (χ3v) is 11.1. The molecule has 21 heteroatoms. The topological polar surface area (TPSA) is 307 Å². The quantitative estimate of drug-likeness (QED) is 0.0401. The van der Waals surface area contributed by atoms with Gasteiger partial charge in [-0.25, -0.2) is 4.98 Å². The van der Waals surface area contributed by atoms with Gasteiger partial charge >= 0.3 is 17.9 Å². The van der Waals surface area contributed by atoms with Crippen molar-refractivity contribution in [3.63, 3.8) is 0 Å². The van der Waals surface area contributed by atoms with E-state index in [1.54, 1.807) is 4.90 Å². The summed E-state index contributed by atoms with van der Waals surface area (Å²) in [6.45, 7) is 4.19. The summed E-state index contributed by atoms with van der Waals surface area (Å²) in [5, 5.41) is 44.1. The Hall–Kier alpha value is -5.51. The number of anilines is 2. The van der Waals surface area contributed by atoms with Crippen LogP contribution in [0.25, 0.3) is 10.9 Å². The van der Waals surface area contributed by atoms with Crippen LogP contribution >= 0.6 is 0 Å². The van der Waals surface area contributed by atoms with Crippen LogP contribution < -0.4 is 38.1 Å². The lowest BCUT2D eigenvalue weighted by atomic mass is 9.95. The number of carbonyl (C=O) groups excluding carboxylic acids is 3. The minimum atomic E-state index is -1.27. The fraction of sp³-hybridized carbons (Fsp3) is 0.634. The van der Waals surface area contributed by atoms with E-state index < -0.39 is 54.5 Å². The first-order chi connectivity index (χ1) is 29.9. The number of esters is 1. The van der Waals surface area contributed by atoms with Crippen LogP contribution in [0.4, 0.5) is 11.8 Å². The molecule has 1 saturated carbocycles. The minimum absolute atomic E-state index is 0.0698. The van der Waals surface area contributed by atoms with E-state index in [0.29, 0.717) is 50.3 Å². The Bertz CT molecular complexity index is 1920. The maximum absolute atomic E-state index is 13.7. The molecule has 1 aromatic carbocycles. The number of benzene rings is 1. The van der Waals surface area contributed by atoms with E-state index in [0.717, 1.165) is 55.6 Å². The van der Waals surface area contributed by atoms with Crippen LogP contribution in [-0.4, -0.2) is 139 Å². The van der Waals surface area contributed by atoms with Crippen LogP contribution in [0.5, 0.6) is 0 Å². The molecule has 2 aliphatic rings. The Morgan fingerprint density at radius 3 is 2.31 bits per heavy atom. The number of carbonyl (C=O) groups is 5. The maximum Gasteiger partial charge on any atom is 0.320 e. The Labute approximate surface area is 360 Å². The molecule has 0 bridgehead atoms. The second kappa shape index (κ2) is 24.8. The molecule has 62 heavy (non-hydrogen) atoms. The average molecular weight is 866 g/mol. The molecule has 1 aliphatic heterocycles. The van der Waals surface area contributed by atoms with Gasteiger partial charge in [0.2, 0.25) is 17.8 Å². The van der Waals surface area contributed by atoms with Crippen molar-refractivity contribution in [3.05, 3.63) is 36.2 Å². The third-order valence-electron chi connectivity index (χ3n) is 11.1. The predicted octanol–water partition coefficient (Wildman–Crippen LogP) is 0.941. The summed E-state index contributed by atoms with van der Waals surface area (Å²) in [6, 6.07) is 4.48. The van der Waals surface area contributed by atoms with Gasteiger partial charge in [-0.1, -0.05) is 36.6 Å². The van der Waals surface area contributed by atoms with E-state index in [4.69, 9.17) is 36.4 Å². The highest BCUT2D eigenvalue weighted by atomic mass is 16.5. The number of carboxylic acid groups (broad SMARTS) is 2. The summed E-state index contributed by atoms with van der Waals surface area (Å²) in [5.74, 6) is -3.41. The normalized spacial score (nSPS) is 16.3. The SMILES string of the molecule is NC(CCC(=O)NC(COC(=O)CCC(N)C(=O)O)C(=O)N1CCC(Nc2nc(NCc3cn(CCCNCCCNC4CCCCC4)nn3)nc3ccccc23)CC1)C(=O)O. The maximum atomic E-state index is 13.7. The molecule has 5 rings (SSSR count). The summed E-state index contributed by atoms with van der Waals surface area (Å²) in [4.78, 5) is 72.1. The number of likely N-dealkylation sites (tertiary alicyclic amines) is 1. The number of nitrogens with one attached hydrogen (secondary N) is 5. The highest BCUT2D eigenvalue weighted by molar-refractivity contribution is 5.90. The molecule has 2 aromatic heterocycles. The van der Waals surface area contributed by atoms with Crippen molar-refractivity contribution in [1.29, 1.82) is 0 Å². The summed E-state index contributed by atoms with van der Waals surface area (Å²) in [7, 11) is 0. The first-order valence-corrected chi connectivity index (χ1v) is 21.8. The highest BCUT2D eigenvalue weighted by Gasteiger charge is 2.31. The fourth-order valence-corrected chi connectivity index (χ4v) is 7.44. The van der Waals surface area contributed by atoms with Crippen molar-refractivity contribution in [2.75, 3.05) is 50.0 Å². The number of aromatic nitrogens is 5. The summed E-state index contributed by atoms with van der Waals surface area (Å²) < 4.78 is 7.09. The van der Waals surface area contributed by atoms with E-state index >= 15 is 0 Å². The molecule has 2 amide bonds. The fourth-order valence-electron chi connectivity index (χ4n) is 7.44. The van der Waals surface area contributed by atoms with Crippen LogP contribution in [-0.2, 0) is 41.8 Å². The van der Waals surface area contributed by atoms with Gasteiger partial charge in [0.25, 0.3) is 0 Å². The van der Waals surface area contributed by atoms with Crippen LogP contribution in [0.2, 0.25) is 0 Å². The molecule has 2 fully saturated rings. The lowest BCUT2D eigenvalue weighted by molar-refractivity contribution is -0.149. The Kier molecular flexibility index (Phi) is 19.0. The molecule has 3 aromatic rings. The van der Waals surface area contributed by atoms with Gasteiger partial charge in [-0.2, -0.15) is 4.98 Å². The van der Waals surface area contributed by atoms with Crippen molar-refractivity contribution < 1.29 is 38.9 Å². The number of nitrogens with zero attached hydrogens (tertiary/aromatic N) is 6. The first-order valence-electron chi connectivity index (χ1n) is 21.8. The molecule has 340 valence electrons. The van der Waals surface area contributed by atoms with E-state index in [-0.39, 0.29) is 31.7 Å². The third kappa shape index (κ3) is 15.8. The lowest BCUT2D eigenvalue weighted by Crippen LogP contribution is -2.54. The van der Waals surface area contributed by atoms with Gasteiger partial charge in [0.05, 0.1) is 18.3 Å². The van der Waals surface area contributed by atoms with Crippen molar-refractivity contribution >= 4 is 52.4 Å². The number of amides is 2. The number of aryl methyl sites for hydroxylation is 1. The number of ether oxygens (including phenoxy) is 1. The predicted molar refractivity (Wildman–Crippen MR) is 230 cm³/mol. The Morgan fingerprint density at radius 1 is 0.855 bits per heavy atom. The van der Waals surface area contributed by atoms with E-state index in [2.05, 4.69) is 36.9 Å². The number of hydrogen-bond donors (Lipinski definition) is 9. The van der Waals surface area contributed by atoms with Gasteiger partial charge in [-0.15, -0.1) is 5.10 Å². The van der Waals surface area contributed by atoms with E-state index in [1.807, 2.05) is 35.1 Å². The van der Waals surface area contributed by atoms with Gasteiger partial charge in [0, 0.05) is 49.9 Å². The lowest BCUT2D eigenvalue weighted by Gasteiger charge is -2.35. The number of hydrogen-bond acceptors (Lipinski definition) is 16. The largest absolute Gasteiger partial charge is 0.480 e. The number of aliphatic carboxylic acids is 2. The monoisotopic (exact) mass is 865 g/mol. The molecule has 21 nitrogen and oxygen atoms in total. The van der Waals surface area contributed by atoms with Crippen LogP contribution in [0.3, 0.4) is 0 Å². The van der Waals surface area contributed by atoms with Crippen LogP contribution in [0.15, 0.2) is 30.5 Å². The number of nitrogens with two attached hydrogens (primary N) is 2. The smallest absolute Gasteiger partial charge is 0.320 e. The molecule has 1 aliphatic carbocycles. The zero-order chi connectivity index (χ0) is 44.3. The van der Waals surface area contributed by atoms with Crippen LogP contribution in [0, 0.1) is 0 Å². The molecule has 3 unspecified atom stereocenters. The molecule has 3 atom stereocenters. The van der Waals surface area contributed by atoms with E-state index in [1.165, 1.54) is 32.1 Å². The van der Waals surface area contributed by atoms with Crippen LogP contribution in [0.1, 0.15) is 89.2 Å². The highest BCUT2D eigenvalue weighted by Crippen LogP contribution is 2.25. The van der Waals surface area contributed by atoms with Crippen molar-refractivity contribution in [2.45, 2.75) is 127 Å². The zero-order valence-electron chi connectivity index (χ0n) is 35.3. The van der Waals surface area contributed by atoms with Crippen molar-refractivity contribution in [1.82, 2.24) is 45.8 Å². The van der Waals surface area contributed by atoms with Crippen molar-refractivity contribution in [2.24, 2.45) is 11.5 Å². The summed E-state index contributed by atoms with van der Waals surface area (Å²) >= 11 is 0. The molecular formula is C41H63N13O8. The van der Waals surface area contributed by atoms with E-state index in [9.17, 15) is 24.0 Å². The standard InChI is InChI=1S/C41H63N13O8/c42-31(39(58)59)12-14-35(55)48-34(26-62-36(56)15-13-32(43)40(60)61)38(57)53-22-16-28(17-23-53)47-37-30-10-4-5-11-33(30)49-41(50-37)46-24-29-25-54(52-51-29)21-7-19-44-18-6-20-45-27-8-2-1-3-9-27/h4-5,10-11,25,27-28,31-32,34,44-45H,1-3,6-9,12-24,26,42-43H2,(H,48,55)(H,58,59)(H,60,61)(H2,46,47,49,50). The second-order valence-corrected chi connectivity index (χ2v) is 16.0. The molecule has 3 heterocycles. The average Bonchev–Trinajstić information content (AvgIpc) is 3.74. The van der Waals surface area contributed by atoms with Gasteiger partial charge in [-0.05, 0) is 83.1 Å². The number of rotatable bonds is 26. The molecule has 0 spiro atoms. The summed E-state index contributed by atoms with van der Waals surface area (Å²) in [5.41, 5.74) is 12.5. The molecule has 1 saturated heterocycles. The van der Waals surface area contributed by atoms with Gasteiger partial charge in [-0.3, -0.25) is 28.7 Å². The van der Waals surface area contributed by atoms with Gasteiger partial charge in [0.1, 0.15) is 36.2 Å². The number of carboxylic acids is 2. The van der Waals surface area contributed by atoms with Crippen molar-refractivity contribution in [3.8, 4) is 0 Å². The molecular weight excluding hydrogens is 803 g/mol. The molecule has 11 N–H and O–H groups in total. The number of piperidine rings is 1. The van der Waals surface area contributed by atoms with Gasteiger partial charge < -0.3 is 57.9 Å². The molecule has 0 radical (unpaired) electrons. The Balaban J connectivity index is 1.09. The number of fused-ring (bicyclic) bond motifs is 1. The second-order valence-electron chi connectivity index (χ2n) is 16.0. The first kappa shape index (κ1) is 47.5. The number of para-hydroxylation sites is 1. The Morgan fingerprint density at radius 2 is 1.56 bits per heavy atom. The summed E-state index contributed by atoms with van der Waals surface area (Å²) in [6.07, 6.45) is 10.8.